The minimum atomic E-state index is -1.73. The quantitative estimate of drug-likeness (QED) is 0.0836. The first kappa shape index (κ1) is 33.3. The van der Waals surface area contributed by atoms with Crippen molar-refractivity contribution in [2.45, 2.75) is 181 Å². The molecule has 0 aliphatic carbocycles. The lowest BCUT2D eigenvalue weighted by Crippen LogP contribution is -2.50. The van der Waals surface area contributed by atoms with E-state index >= 15 is 0 Å². The van der Waals surface area contributed by atoms with E-state index in [2.05, 4.69) is 53.1 Å². The van der Waals surface area contributed by atoms with Crippen LogP contribution in [0.25, 0.3) is 0 Å². The Hall–Kier alpha value is 0.314. The van der Waals surface area contributed by atoms with Crippen LogP contribution in [0, 0.1) is 0 Å². The molecule has 5 heteroatoms. The normalized spacial score (nSPS) is 15.1. The minimum Gasteiger partial charge on any atom is -0.391 e. The van der Waals surface area contributed by atoms with Crippen LogP contribution < -0.4 is 0 Å². The summed E-state index contributed by atoms with van der Waals surface area (Å²) in [5.74, 6) is -1.18. The Morgan fingerprint density at radius 1 is 0.485 bits per heavy atom. The van der Waals surface area contributed by atoms with Crippen molar-refractivity contribution in [2.75, 3.05) is 0 Å². The highest BCUT2D eigenvalue weighted by atomic mass is 28.4. The van der Waals surface area contributed by atoms with Crippen LogP contribution in [0.5, 0.6) is 0 Å². The van der Waals surface area contributed by atoms with E-state index in [0.29, 0.717) is 0 Å². The van der Waals surface area contributed by atoms with Crippen LogP contribution >= 0.6 is 0 Å². The Kier molecular flexibility index (Phi) is 17.0. The maximum Gasteiger partial charge on any atom is 0.187 e. The molecule has 0 heterocycles. The third-order valence-electron chi connectivity index (χ3n) is 5.77. The molecular formula is C28H62O3Si2. The van der Waals surface area contributed by atoms with E-state index in [9.17, 15) is 0 Å². The highest BCUT2D eigenvalue weighted by molar-refractivity contribution is 6.70. The number of rotatable bonds is 22. The van der Waals surface area contributed by atoms with E-state index in [0.717, 1.165) is 12.8 Å². The van der Waals surface area contributed by atoms with Crippen molar-refractivity contribution in [3.05, 3.63) is 0 Å². The zero-order valence-electron chi connectivity index (χ0n) is 24.5. The van der Waals surface area contributed by atoms with Crippen LogP contribution in [0.4, 0.5) is 0 Å². The molecule has 0 N–H and O–H groups in total. The second-order valence-corrected chi connectivity index (χ2v) is 21.6. The van der Waals surface area contributed by atoms with E-state index in [1.54, 1.807) is 0 Å². The van der Waals surface area contributed by atoms with Crippen molar-refractivity contribution in [3.8, 4) is 0 Å². The van der Waals surface area contributed by atoms with Crippen molar-refractivity contribution in [1.82, 2.24) is 0 Å². The van der Waals surface area contributed by atoms with Gasteiger partial charge in [-0.15, -0.1) is 0 Å². The van der Waals surface area contributed by atoms with Crippen molar-refractivity contribution >= 4 is 16.6 Å². The first-order valence-corrected chi connectivity index (χ1v) is 21.1. The fourth-order valence-corrected chi connectivity index (χ4v) is 7.82. The number of hydrogen-bond acceptors (Lipinski definition) is 3. The molecule has 0 aliphatic heterocycles. The molecule has 0 fully saturated rings. The maximum absolute atomic E-state index is 6.55. The largest absolute Gasteiger partial charge is 0.391 e. The standard InChI is InChI=1S/C28H62O3Si2/c1-11-12-13-14-15-16-17-18-19-20-21-22-23-24-25-26-28(4,31-33(8,9)10)29-27(2,3)30-32(5,6)7/h11-26H2,1-10H3. The Morgan fingerprint density at radius 2 is 0.818 bits per heavy atom. The third-order valence-corrected chi connectivity index (χ3v) is 7.92. The van der Waals surface area contributed by atoms with E-state index < -0.39 is 28.2 Å². The second kappa shape index (κ2) is 16.9. The van der Waals surface area contributed by atoms with Gasteiger partial charge in [-0.1, -0.05) is 96.8 Å². The van der Waals surface area contributed by atoms with Crippen LogP contribution in [0.15, 0.2) is 0 Å². The Labute approximate surface area is 211 Å². The summed E-state index contributed by atoms with van der Waals surface area (Å²) < 4.78 is 19.4. The second-order valence-electron chi connectivity index (χ2n) is 12.8. The highest BCUT2D eigenvalue weighted by Gasteiger charge is 2.39. The summed E-state index contributed by atoms with van der Waals surface area (Å²) in [5.41, 5.74) is 0. The molecular weight excluding hydrogens is 440 g/mol. The zero-order chi connectivity index (χ0) is 25.4. The molecule has 33 heavy (non-hydrogen) atoms. The van der Waals surface area contributed by atoms with Crippen molar-refractivity contribution in [1.29, 1.82) is 0 Å². The molecule has 0 radical (unpaired) electrons. The predicted octanol–water partition coefficient (Wildman–Crippen LogP) is 10.4. The van der Waals surface area contributed by atoms with Crippen LogP contribution in [0.2, 0.25) is 39.3 Å². The fraction of sp³-hybridized carbons (Fsp3) is 1.00. The van der Waals surface area contributed by atoms with Gasteiger partial charge in [0.15, 0.2) is 28.2 Å². The Balaban J connectivity index is 4.07. The summed E-state index contributed by atoms with van der Waals surface area (Å²) in [6.07, 6.45) is 21.7. The summed E-state index contributed by atoms with van der Waals surface area (Å²) in [6.45, 7) is 21.9. The molecule has 0 aliphatic rings. The van der Waals surface area contributed by atoms with Crippen LogP contribution in [-0.2, 0) is 13.6 Å². The molecule has 1 unspecified atom stereocenters. The first-order valence-electron chi connectivity index (χ1n) is 14.3. The van der Waals surface area contributed by atoms with Crippen molar-refractivity contribution in [2.24, 2.45) is 0 Å². The average molecular weight is 503 g/mol. The van der Waals surface area contributed by atoms with E-state index in [-0.39, 0.29) is 0 Å². The van der Waals surface area contributed by atoms with Crippen molar-refractivity contribution in [3.63, 3.8) is 0 Å². The number of hydrogen-bond donors (Lipinski definition) is 0. The van der Waals surface area contributed by atoms with E-state index in [1.165, 1.54) is 89.9 Å². The lowest BCUT2D eigenvalue weighted by Gasteiger charge is -2.43. The van der Waals surface area contributed by atoms with E-state index in [1.807, 2.05) is 13.8 Å². The van der Waals surface area contributed by atoms with Gasteiger partial charge in [-0.3, -0.25) is 0 Å². The summed E-state index contributed by atoms with van der Waals surface area (Å²) in [6, 6.07) is 0. The zero-order valence-corrected chi connectivity index (χ0v) is 26.5. The van der Waals surface area contributed by atoms with Crippen LogP contribution in [-0.4, -0.2) is 28.2 Å². The summed E-state index contributed by atoms with van der Waals surface area (Å²) in [4.78, 5) is 0. The Bertz CT molecular complexity index is 469. The maximum atomic E-state index is 6.55. The number of unbranched alkanes of at least 4 members (excludes halogenated alkanes) is 14. The molecule has 0 aromatic heterocycles. The van der Waals surface area contributed by atoms with Gasteiger partial charge in [0, 0.05) is 6.42 Å². The molecule has 3 nitrogen and oxygen atoms in total. The third kappa shape index (κ3) is 22.5. The molecule has 1 atom stereocenters. The summed E-state index contributed by atoms with van der Waals surface area (Å²) >= 11 is 0. The predicted molar refractivity (Wildman–Crippen MR) is 152 cm³/mol. The van der Waals surface area contributed by atoms with E-state index in [4.69, 9.17) is 13.6 Å². The topological polar surface area (TPSA) is 27.7 Å². The van der Waals surface area contributed by atoms with Gasteiger partial charge in [-0.25, -0.2) is 0 Å². The van der Waals surface area contributed by atoms with Gasteiger partial charge in [0.1, 0.15) is 0 Å². The highest BCUT2D eigenvalue weighted by Crippen LogP contribution is 2.32. The molecule has 0 spiro atoms. The molecule has 0 amide bonds. The van der Waals surface area contributed by atoms with Gasteiger partial charge >= 0.3 is 0 Å². The average Bonchev–Trinajstić information content (AvgIpc) is 2.60. The summed E-state index contributed by atoms with van der Waals surface area (Å²) in [5, 5.41) is 0. The molecule has 0 rings (SSSR count). The molecule has 0 aromatic rings. The van der Waals surface area contributed by atoms with Gasteiger partial charge in [-0.2, -0.15) is 0 Å². The lowest BCUT2D eigenvalue weighted by molar-refractivity contribution is -0.298. The van der Waals surface area contributed by atoms with Gasteiger partial charge in [0.2, 0.25) is 0 Å². The van der Waals surface area contributed by atoms with Gasteiger partial charge < -0.3 is 13.6 Å². The van der Waals surface area contributed by atoms with Gasteiger partial charge in [0.25, 0.3) is 0 Å². The SMILES string of the molecule is CCCCCCCCCCCCCCCCCC(C)(OC(C)(C)O[Si](C)(C)C)O[Si](C)(C)C. The first-order chi connectivity index (χ1) is 15.2. The minimum absolute atomic E-state index is 0.565. The molecule has 0 aromatic carbocycles. The molecule has 0 bridgehead atoms. The smallest absolute Gasteiger partial charge is 0.187 e. The van der Waals surface area contributed by atoms with Gasteiger partial charge in [-0.05, 0) is 66.5 Å². The summed E-state index contributed by atoms with van der Waals surface area (Å²) in [7, 11) is -3.42. The molecule has 200 valence electrons. The van der Waals surface area contributed by atoms with Gasteiger partial charge in [0.05, 0.1) is 0 Å². The van der Waals surface area contributed by atoms with Crippen LogP contribution in [0.3, 0.4) is 0 Å². The number of ether oxygens (including phenoxy) is 1. The fourth-order valence-electron chi connectivity index (χ4n) is 4.87. The van der Waals surface area contributed by atoms with Crippen LogP contribution in [0.1, 0.15) is 130 Å². The molecule has 0 saturated carbocycles. The molecule has 0 saturated heterocycles. The van der Waals surface area contributed by atoms with Crippen molar-refractivity contribution < 1.29 is 13.6 Å². The lowest BCUT2D eigenvalue weighted by atomic mass is 10.0. The Morgan fingerprint density at radius 3 is 1.15 bits per heavy atom. The monoisotopic (exact) mass is 502 g/mol.